The van der Waals surface area contributed by atoms with Crippen LogP contribution in [0.2, 0.25) is 0 Å². The largest absolute Gasteiger partial charge is 0.483 e. The van der Waals surface area contributed by atoms with Crippen molar-refractivity contribution >= 4 is 12.4 Å². The van der Waals surface area contributed by atoms with Gasteiger partial charge in [0.05, 0.1) is 0 Å². The number of carboxylic acid groups (broad SMARTS) is 1. The normalized spacial score (nSPS) is 22.5. The Morgan fingerprint density at radius 1 is 1.33 bits per heavy atom. The SMILES string of the molecule is CC1CCCN1C(=O)C(N(N)/C=C(\N)C1CC1)C(C)(C)C.O=CO. The van der Waals surface area contributed by atoms with Crippen LogP contribution in [0.15, 0.2) is 11.9 Å². The molecule has 1 saturated heterocycles. The molecule has 0 spiro atoms. The molecule has 1 saturated carbocycles. The maximum absolute atomic E-state index is 12.9. The third-order valence-electron chi connectivity index (χ3n) is 4.54. The van der Waals surface area contributed by atoms with Gasteiger partial charge in [0, 0.05) is 30.4 Å². The monoisotopic (exact) mass is 340 g/mol. The van der Waals surface area contributed by atoms with Crippen LogP contribution in [0.1, 0.15) is 53.4 Å². The molecule has 0 aromatic rings. The number of hydrogen-bond donors (Lipinski definition) is 3. The van der Waals surface area contributed by atoms with E-state index in [9.17, 15) is 4.79 Å². The van der Waals surface area contributed by atoms with E-state index in [1.807, 2.05) is 4.90 Å². The van der Waals surface area contributed by atoms with Crippen LogP contribution in [0, 0.1) is 11.3 Å². The molecule has 0 aromatic heterocycles. The van der Waals surface area contributed by atoms with E-state index in [2.05, 4.69) is 27.7 Å². The Kier molecular flexibility index (Phi) is 7.08. The topological polar surface area (TPSA) is 113 Å². The molecule has 1 heterocycles. The summed E-state index contributed by atoms with van der Waals surface area (Å²) in [5.74, 6) is 6.79. The summed E-state index contributed by atoms with van der Waals surface area (Å²) in [6, 6.07) is -0.0733. The first-order chi connectivity index (χ1) is 11.1. The van der Waals surface area contributed by atoms with Crippen molar-refractivity contribution in [2.45, 2.75) is 65.5 Å². The standard InChI is InChI=1S/C16H30N4O.CH2O2/c1-11-6-5-9-19(11)15(21)14(16(2,3)4)20(18)10-13(17)12-7-8-12;2-1-3/h10-12,14H,5-9,17-18H2,1-4H3;1H,(H,2,3)/b13-10-;. The molecule has 5 N–H and O–H groups in total. The molecule has 0 aromatic carbocycles. The number of hydrazine groups is 1. The summed E-state index contributed by atoms with van der Waals surface area (Å²) < 4.78 is 0. The summed E-state index contributed by atoms with van der Waals surface area (Å²) >= 11 is 0. The Labute approximate surface area is 144 Å². The lowest BCUT2D eigenvalue weighted by Crippen LogP contribution is -2.56. The molecule has 2 atom stereocenters. The number of nitrogens with two attached hydrogens (primary N) is 2. The first kappa shape index (κ1) is 20.3. The zero-order valence-electron chi connectivity index (χ0n) is 15.2. The predicted molar refractivity (Wildman–Crippen MR) is 93.4 cm³/mol. The fourth-order valence-electron chi connectivity index (χ4n) is 3.13. The third kappa shape index (κ3) is 5.40. The van der Waals surface area contributed by atoms with E-state index in [4.69, 9.17) is 21.5 Å². The number of rotatable bonds is 4. The minimum atomic E-state index is -0.379. The first-order valence-corrected chi connectivity index (χ1v) is 8.52. The van der Waals surface area contributed by atoms with Crippen LogP contribution < -0.4 is 11.6 Å². The highest BCUT2D eigenvalue weighted by molar-refractivity contribution is 5.83. The molecule has 7 nitrogen and oxygen atoms in total. The van der Waals surface area contributed by atoms with Gasteiger partial charge in [-0.15, -0.1) is 0 Å². The highest BCUT2D eigenvalue weighted by Crippen LogP contribution is 2.34. The Morgan fingerprint density at radius 2 is 1.88 bits per heavy atom. The second kappa shape index (κ2) is 8.37. The van der Waals surface area contributed by atoms with Gasteiger partial charge in [0.15, 0.2) is 0 Å². The molecule has 2 unspecified atom stereocenters. The number of amides is 1. The summed E-state index contributed by atoms with van der Waals surface area (Å²) in [6.45, 7) is 8.86. The minimum absolute atomic E-state index is 0.120. The van der Waals surface area contributed by atoms with E-state index in [0.717, 1.165) is 37.9 Å². The van der Waals surface area contributed by atoms with Gasteiger partial charge >= 0.3 is 0 Å². The van der Waals surface area contributed by atoms with Crippen molar-refractivity contribution in [1.82, 2.24) is 9.91 Å². The van der Waals surface area contributed by atoms with Crippen molar-refractivity contribution in [2.24, 2.45) is 22.9 Å². The van der Waals surface area contributed by atoms with Gasteiger partial charge in [0.25, 0.3) is 6.47 Å². The fraction of sp³-hybridized carbons (Fsp3) is 0.765. The molecular formula is C17H32N4O3. The number of likely N-dealkylation sites (tertiary alicyclic amines) is 1. The molecule has 2 fully saturated rings. The summed E-state index contributed by atoms with van der Waals surface area (Å²) in [5, 5.41) is 8.43. The molecule has 1 aliphatic heterocycles. The molecule has 2 rings (SSSR count). The lowest BCUT2D eigenvalue weighted by Gasteiger charge is -2.39. The van der Waals surface area contributed by atoms with Gasteiger partial charge in [0.2, 0.25) is 5.91 Å². The molecule has 0 radical (unpaired) electrons. The summed E-state index contributed by atoms with van der Waals surface area (Å²) in [6.07, 6.45) is 6.19. The minimum Gasteiger partial charge on any atom is -0.483 e. The van der Waals surface area contributed by atoms with Crippen LogP contribution in [-0.2, 0) is 9.59 Å². The number of hydrogen-bond acceptors (Lipinski definition) is 5. The van der Waals surface area contributed by atoms with Gasteiger partial charge < -0.3 is 20.7 Å². The Hall–Kier alpha value is -1.76. The first-order valence-electron chi connectivity index (χ1n) is 8.52. The van der Waals surface area contributed by atoms with Crippen molar-refractivity contribution < 1.29 is 14.7 Å². The quantitative estimate of drug-likeness (QED) is 0.406. The number of nitrogens with zero attached hydrogens (tertiary/aromatic N) is 2. The smallest absolute Gasteiger partial charge is 0.290 e. The summed E-state index contributed by atoms with van der Waals surface area (Å²) in [5.41, 5.74) is 6.61. The van der Waals surface area contributed by atoms with E-state index in [1.54, 1.807) is 11.2 Å². The highest BCUT2D eigenvalue weighted by Gasteiger charge is 2.40. The van der Waals surface area contributed by atoms with Crippen LogP contribution >= 0.6 is 0 Å². The van der Waals surface area contributed by atoms with Gasteiger partial charge in [-0.25, -0.2) is 5.84 Å². The predicted octanol–water partition coefficient (Wildman–Crippen LogP) is 1.50. The zero-order chi connectivity index (χ0) is 18.5. The maximum atomic E-state index is 12.9. The average molecular weight is 340 g/mol. The Balaban J connectivity index is 0.000000891. The lowest BCUT2D eigenvalue weighted by atomic mass is 9.85. The Bertz CT molecular complexity index is 469. The lowest BCUT2D eigenvalue weighted by molar-refractivity contribution is -0.140. The van der Waals surface area contributed by atoms with E-state index in [1.165, 1.54) is 0 Å². The van der Waals surface area contributed by atoms with E-state index in [0.29, 0.717) is 12.0 Å². The fourth-order valence-corrected chi connectivity index (χ4v) is 3.13. The van der Waals surface area contributed by atoms with Crippen LogP contribution in [-0.4, -0.2) is 46.0 Å². The molecule has 1 amide bonds. The molecule has 24 heavy (non-hydrogen) atoms. The number of carbonyl (C=O) groups excluding carboxylic acids is 1. The molecule has 0 bridgehead atoms. The van der Waals surface area contributed by atoms with Crippen LogP contribution in [0.25, 0.3) is 0 Å². The van der Waals surface area contributed by atoms with Crippen molar-refractivity contribution in [3.63, 3.8) is 0 Å². The Morgan fingerprint density at radius 3 is 2.25 bits per heavy atom. The van der Waals surface area contributed by atoms with Gasteiger partial charge in [-0.3, -0.25) is 9.59 Å². The third-order valence-corrected chi connectivity index (χ3v) is 4.54. The van der Waals surface area contributed by atoms with Crippen LogP contribution in [0.5, 0.6) is 0 Å². The van der Waals surface area contributed by atoms with Crippen molar-refractivity contribution in [3.8, 4) is 0 Å². The number of carbonyl (C=O) groups is 2. The molecule has 7 heteroatoms. The zero-order valence-corrected chi connectivity index (χ0v) is 15.2. The van der Waals surface area contributed by atoms with Gasteiger partial charge in [0.1, 0.15) is 6.04 Å². The van der Waals surface area contributed by atoms with Crippen LogP contribution in [0.3, 0.4) is 0 Å². The van der Waals surface area contributed by atoms with Gasteiger partial charge in [-0.1, -0.05) is 20.8 Å². The molecular weight excluding hydrogens is 308 g/mol. The second-order valence-corrected chi connectivity index (χ2v) is 7.75. The second-order valence-electron chi connectivity index (χ2n) is 7.75. The van der Waals surface area contributed by atoms with Gasteiger partial charge in [-0.05, 0) is 38.0 Å². The van der Waals surface area contributed by atoms with Crippen molar-refractivity contribution in [1.29, 1.82) is 0 Å². The summed E-state index contributed by atoms with van der Waals surface area (Å²) in [7, 11) is 0. The summed E-state index contributed by atoms with van der Waals surface area (Å²) in [4.78, 5) is 23.3. The highest BCUT2D eigenvalue weighted by atomic mass is 16.3. The van der Waals surface area contributed by atoms with E-state index >= 15 is 0 Å². The number of allylic oxidation sites excluding steroid dienone is 1. The average Bonchev–Trinajstić information content (AvgIpc) is 3.20. The van der Waals surface area contributed by atoms with Crippen molar-refractivity contribution in [2.75, 3.05) is 6.54 Å². The maximum Gasteiger partial charge on any atom is 0.290 e. The molecule has 2 aliphatic rings. The van der Waals surface area contributed by atoms with E-state index in [-0.39, 0.29) is 23.8 Å². The molecule has 138 valence electrons. The van der Waals surface area contributed by atoms with Gasteiger partial charge in [-0.2, -0.15) is 0 Å². The van der Waals surface area contributed by atoms with Crippen molar-refractivity contribution in [3.05, 3.63) is 11.9 Å². The van der Waals surface area contributed by atoms with E-state index < -0.39 is 0 Å². The van der Waals surface area contributed by atoms with Crippen LogP contribution in [0.4, 0.5) is 0 Å². The molecule has 1 aliphatic carbocycles.